The van der Waals surface area contributed by atoms with Gasteiger partial charge in [0.15, 0.2) is 0 Å². The largest absolute Gasteiger partial charge is 0.140 e. The van der Waals surface area contributed by atoms with Crippen molar-refractivity contribution in [1.29, 1.82) is 0 Å². The molecule has 0 fully saturated rings. The quantitative estimate of drug-likeness (QED) is 0.572. The molecule has 0 amide bonds. The maximum absolute atomic E-state index is 2.26. The summed E-state index contributed by atoms with van der Waals surface area (Å²) < 4.78 is 1.42. The first kappa shape index (κ1) is 7.81. The molecule has 0 atom stereocenters. The van der Waals surface area contributed by atoms with Crippen LogP contribution in [-0.2, 0) is 0 Å². The number of rotatable bonds is 0. The van der Waals surface area contributed by atoms with Gasteiger partial charge in [-0.2, -0.15) is 0 Å². The molecule has 1 heteroatoms. The maximum atomic E-state index is 2.26. The highest BCUT2D eigenvalue weighted by Gasteiger charge is 2.03. The minimum Gasteiger partial charge on any atom is -0.140 e. The molecule has 0 saturated carbocycles. The Morgan fingerprint density at radius 2 is 1.83 bits per heavy atom. The summed E-state index contributed by atoms with van der Waals surface area (Å²) in [7, 11) is 0. The van der Waals surface area contributed by atoms with E-state index in [-0.39, 0.29) is 0 Å². The first-order valence-corrected chi connectivity index (χ1v) is 4.96. The summed E-state index contributed by atoms with van der Waals surface area (Å²) in [5, 5.41) is 1.42. The molecule has 0 saturated heterocycles. The first-order valence-electron chi connectivity index (χ1n) is 4.15. The van der Waals surface area contributed by atoms with Gasteiger partial charge in [0.1, 0.15) is 0 Å². The van der Waals surface area contributed by atoms with E-state index in [1.165, 1.54) is 26.1 Å². The van der Waals surface area contributed by atoms with E-state index in [0.29, 0.717) is 0 Å². The van der Waals surface area contributed by atoms with Crippen LogP contribution in [0.1, 0.15) is 16.0 Å². The van der Waals surface area contributed by atoms with Crippen LogP contribution in [0.25, 0.3) is 10.1 Å². The molecule has 0 radical (unpaired) electrons. The van der Waals surface area contributed by atoms with Crippen LogP contribution >= 0.6 is 11.3 Å². The molecule has 2 rings (SSSR count). The summed E-state index contributed by atoms with van der Waals surface area (Å²) in [6, 6.07) is 6.67. The van der Waals surface area contributed by atoms with Crippen LogP contribution in [0.15, 0.2) is 18.2 Å². The van der Waals surface area contributed by atoms with E-state index >= 15 is 0 Å². The minimum atomic E-state index is 1.35. The lowest BCUT2D eigenvalue weighted by Crippen LogP contribution is -1.71. The molecular weight excluding hydrogens is 164 g/mol. The molecule has 1 aromatic heterocycles. The Hall–Kier alpha value is -0.820. The van der Waals surface area contributed by atoms with E-state index in [1.54, 1.807) is 0 Å². The smallest absolute Gasteiger partial charge is 0.0350 e. The molecule has 62 valence electrons. The summed E-state index contributed by atoms with van der Waals surface area (Å²) >= 11 is 1.89. The van der Waals surface area contributed by atoms with Crippen LogP contribution in [0.4, 0.5) is 0 Å². The average molecular weight is 176 g/mol. The fraction of sp³-hybridized carbons (Fsp3) is 0.273. The Kier molecular flexibility index (Phi) is 1.69. The molecule has 0 aliphatic rings. The molecule has 0 spiro atoms. The number of thiophene rings is 1. The van der Waals surface area contributed by atoms with Crippen LogP contribution in [0.3, 0.4) is 0 Å². The Morgan fingerprint density at radius 3 is 2.58 bits per heavy atom. The van der Waals surface area contributed by atoms with Crippen molar-refractivity contribution in [3.8, 4) is 0 Å². The number of aryl methyl sites for hydroxylation is 3. The lowest BCUT2D eigenvalue weighted by molar-refractivity contribution is 1.46. The van der Waals surface area contributed by atoms with Gasteiger partial charge >= 0.3 is 0 Å². The van der Waals surface area contributed by atoms with Gasteiger partial charge in [0.25, 0.3) is 0 Å². The third kappa shape index (κ3) is 1.05. The SMILES string of the molecule is Cc1ccc2c(C)c(C)sc2c1. The predicted molar refractivity (Wildman–Crippen MR) is 56.0 cm³/mol. The Morgan fingerprint density at radius 1 is 1.08 bits per heavy atom. The standard InChI is InChI=1S/C11H12S/c1-7-4-5-10-8(2)9(3)12-11(10)6-7/h4-6H,1-3H3. The number of hydrogen-bond acceptors (Lipinski definition) is 1. The highest BCUT2D eigenvalue weighted by molar-refractivity contribution is 7.19. The van der Waals surface area contributed by atoms with E-state index in [4.69, 9.17) is 0 Å². The normalized spacial score (nSPS) is 10.9. The zero-order valence-electron chi connectivity index (χ0n) is 7.64. The fourth-order valence-corrected chi connectivity index (χ4v) is 2.62. The number of benzene rings is 1. The van der Waals surface area contributed by atoms with Gasteiger partial charge in [0, 0.05) is 9.58 Å². The van der Waals surface area contributed by atoms with Crippen molar-refractivity contribution in [3.63, 3.8) is 0 Å². The van der Waals surface area contributed by atoms with Crippen LogP contribution in [0.2, 0.25) is 0 Å². The maximum Gasteiger partial charge on any atom is 0.0350 e. The molecule has 1 heterocycles. The molecular formula is C11H12S. The Bertz CT molecular complexity index is 424. The Balaban J connectivity index is 2.87. The average Bonchev–Trinajstić information content (AvgIpc) is 2.28. The Labute approximate surface area is 76.8 Å². The molecule has 2 aromatic rings. The summed E-state index contributed by atoms with van der Waals surface area (Å²) in [5.74, 6) is 0. The van der Waals surface area contributed by atoms with Crippen molar-refractivity contribution in [1.82, 2.24) is 0 Å². The molecule has 0 aliphatic carbocycles. The molecule has 1 aromatic carbocycles. The molecule has 0 unspecified atom stereocenters. The van der Waals surface area contributed by atoms with E-state index in [1.807, 2.05) is 11.3 Å². The van der Waals surface area contributed by atoms with E-state index in [0.717, 1.165) is 0 Å². The number of hydrogen-bond donors (Lipinski definition) is 0. The molecule has 12 heavy (non-hydrogen) atoms. The highest BCUT2D eigenvalue weighted by atomic mass is 32.1. The number of fused-ring (bicyclic) bond motifs is 1. The summed E-state index contributed by atoms with van der Waals surface area (Å²) in [6.07, 6.45) is 0. The van der Waals surface area contributed by atoms with Crippen LogP contribution in [-0.4, -0.2) is 0 Å². The van der Waals surface area contributed by atoms with E-state index in [2.05, 4.69) is 39.0 Å². The van der Waals surface area contributed by atoms with Crippen molar-refractivity contribution >= 4 is 21.4 Å². The molecule has 0 nitrogen and oxygen atoms in total. The topological polar surface area (TPSA) is 0 Å². The summed E-state index contributed by atoms with van der Waals surface area (Å²) in [6.45, 7) is 6.53. The lowest BCUT2D eigenvalue weighted by Gasteiger charge is -1.92. The first-order chi connectivity index (χ1) is 5.68. The van der Waals surface area contributed by atoms with Gasteiger partial charge in [-0.3, -0.25) is 0 Å². The van der Waals surface area contributed by atoms with Gasteiger partial charge in [0.05, 0.1) is 0 Å². The molecule has 0 bridgehead atoms. The monoisotopic (exact) mass is 176 g/mol. The van der Waals surface area contributed by atoms with E-state index < -0.39 is 0 Å². The second-order valence-corrected chi connectivity index (χ2v) is 4.54. The van der Waals surface area contributed by atoms with E-state index in [9.17, 15) is 0 Å². The van der Waals surface area contributed by atoms with Crippen LogP contribution in [0, 0.1) is 20.8 Å². The van der Waals surface area contributed by atoms with Crippen molar-refractivity contribution in [2.24, 2.45) is 0 Å². The van der Waals surface area contributed by atoms with Crippen molar-refractivity contribution in [3.05, 3.63) is 34.2 Å². The van der Waals surface area contributed by atoms with Gasteiger partial charge in [0.2, 0.25) is 0 Å². The highest BCUT2D eigenvalue weighted by Crippen LogP contribution is 2.30. The third-order valence-electron chi connectivity index (χ3n) is 2.33. The second-order valence-electron chi connectivity index (χ2n) is 3.28. The van der Waals surface area contributed by atoms with Gasteiger partial charge in [-0.25, -0.2) is 0 Å². The zero-order chi connectivity index (χ0) is 8.72. The summed E-state index contributed by atoms with van der Waals surface area (Å²) in [4.78, 5) is 1.44. The third-order valence-corrected chi connectivity index (χ3v) is 3.50. The van der Waals surface area contributed by atoms with Crippen LogP contribution < -0.4 is 0 Å². The van der Waals surface area contributed by atoms with Gasteiger partial charge in [-0.15, -0.1) is 11.3 Å². The lowest BCUT2D eigenvalue weighted by atomic mass is 10.1. The van der Waals surface area contributed by atoms with Gasteiger partial charge in [-0.05, 0) is 43.4 Å². The van der Waals surface area contributed by atoms with Crippen molar-refractivity contribution < 1.29 is 0 Å². The van der Waals surface area contributed by atoms with Gasteiger partial charge in [-0.1, -0.05) is 12.1 Å². The second kappa shape index (κ2) is 2.60. The van der Waals surface area contributed by atoms with Crippen molar-refractivity contribution in [2.45, 2.75) is 20.8 Å². The fourth-order valence-electron chi connectivity index (χ4n) is 1.45. The molecule has 0 N–H and O–H groups in total. The summed E-state index contributed by atoms with van der Waals surface area (Å²) in [5.41, 5.74) is 2.79. The molecule has 0 aliphatic heterocycles. The minimum absolute atomic E-state index is 1.35. The van der Waals surface area contributed by atoms with Gasteiger partial charge < -0.3 is 0 Å². The van der Waals surface area contributed by atoms with Crippen LogP contribution in [0.5, 0.6) is 0 Å². The zero-order valence-corrected chi connectivity index (χ0v) is 8.46. The predicted octanol–water partition coefficient (Wildman–Crippen LogP) is 3.83. The van der Waals surface area contributed by atoms with Crippen molar-refractivity contribution in [2.75, 3.05) is 0 Å².